The van der Waals surface area contributed by atoms with E-state index in [1.54, 1.807) is 0 Å². The first kappa shape index (κ1) is 10.4. The first-order valence-electron chi connectivity index (χ1n) is 3.87. The molecule has 0 aliphatic carbocycles. The summed E-state index contributed by atoms with van der Waals surface area (Å²) in [6.07, 6.45) is 0.757. The van der Waals surface area contributed by atoms with Gasteiger partial charge in [-0.3, -0.25) is 5.41 Å². The molecule has 0 rings (SSSR count). The highest BCUT2D eigenvalue weighted by molar-refractivity contribution is 5.81. The molecule has 0 amide bonds. The normalized spacial score (nSPS) is 15.6. The second-order valence-corrected chi connectivity index (χ2v) is 2.55. The van der Waals surface area contributed by atoms with E-state index in [-0.39, 0.29) is 5.90 Å². The van der Waals surface area contributed by atoms with Gasteiger partial charge < -0.3 is 9.47 Å². The molecule has 0 aliphatic rings. The lowest BCUT2D eigenvalue weighted by Gasteiger charge is -2.27. The summed E-state index contributed by atoms with van der Waals surface area (Å²) in [6, 6.07) is 0. The van der Waals surface area contributed by atoms with E-state index in [0.29, 0.717) is 6.61 Å². The summed E-state index contributed by atoms with van der Waals surface area (Å²) in [5, 5.41) is 7.45. The fourth-order valence-corrected chi connectivity index (χ4v) is 0.863. The van der Waals surface area contributed by atoms with Gasteiger partial charge in [-0.2, -0.15) is 0 Å². The fraction of sp³-hybridized carbons (Fsp3) is 0.875. The third kappa shape index (κ3) is 2.50. The molecule has 0 aromatic rings. The van der Waals surface area contributed by atoms with Gasteiger partial charge in [0.1, 0.15) is 5.60 Å². The highest BCUT2D eigenvalue weighted by Crippen LogP contribution is 2.16. The molecule has 0 bridgehead atoms. The number of rotatable bonds is 4. The zero-order chi connectivity index (χ0) is 8.91. The second kappa shape index (κ2) is 4.34. The highest BCUT2D eigenvalue weighted by Gasteiger charge is 2.29. The first-order chi connectivity index (χ1) is 5.10. The molecule has 66 valence electrons. The predicted octanol–water partition coefficient (Wildman–Crippen LogP) is 1.82. The standard InChI is InChI=1S/C8H17NO2/c1-5-8(3,11-6-2)7(9)10-4/h9H,5-6H2,1-4H3. The Balaban J connectivity index is 4.19. The third-order valence-electron chi connectivity index (χ3n) is 1.82. The van der Waals surface area contributed by atoms with Crippen LogP contribution in [0.1, 0.15) is 27.2 Å². The van der Waals surface area contributed by atoms with Gasteiger partial charge in [-0.25, -0.2) is 0 Å². The maximum Gasteiger partial charge on any atom is 0.213 e. The van der Waals surface area contributed by atoms with Gasteiger partial charge in [-0.1, -0.05) is 6.92 Å². The fourth-order valence-electron chi connectivity index (χ4n) is 0.863. The number of hydrogen-bond donors (Lipinski definition) is 1. The van der Waals surface area contributed by atoms with Crippen LogP contribution in [0, 0.1) is 5.41 Å². The van der Waals surface area contributed by atoms with E-state index in [0.717, 1.165) is 6.42 Å². The van der Waals surface area contributed by atoms with Crippen molar-refractivity contribution in [1.29, 1.82) is 5.41 Å². The maximum absolute atomic E-state index is 7.45. The largest absolute Gasteiger partial charge is 0.482 e. The van der Waals surface area contributed by atoms with E-state index in [1.807, 2.05) is 20.8 Å². The van der Waals surface area contributed by atoms with Crippen molar-refractivity contribution in [2.24, 2.45) is 0 Å². The number of nitrogens with one attached hydrogen (secondary N) is 1. The second-order valence-electron chi connectivity index (χ2n) is 2.55. The number of hydrogen-bond acceptors (Lipinski definition) is 3. The molecule has 0 aromatic carbocycles. The van der Waals surface area contributed by atoms with Crippen LogP contribution in [0.2, 0.25) is 0 Å². The Hall–Kier alpha value is -0.570. The summed E-state index contributed by atoms with van der Waals surface area (Å²) < 4.78 is 10.2. The summed E-state index contributed by atoms with van der Waals surface area (Å²) in [5.74, 6) is 0.196. The van der Waals surface area contributed by atoms with Crippen LogP contribution in [-0.4, -0.2) is 25.2 Å². The van der Waals surface area contributed by atoms with Gasteiger partial charge in [0.15, 0.2) is 0 Å². The zero-order valence-electron chi connectivity index (χ0n) is 7.73. The lowest BCUT2D eigenvalue weighted by atomic mass is 10.0. The van der Waals surface area contributed by atoms with Crippen LogP contribution >= 0.6 is 0 Å². The average molecular weight is 159 g/mol. The van der Waals surface area contributed by atoms with Crippen LogP contribution in [0.4, 0.5) is 0 Å². The van der Waals surface area contributed by atoms with Gasteiger partial charge in [0.05, 0.1) is 7.11 Å². The van der Waals surface area contributed by atoms with E-state index in [9.17, 15) is 0 Å². The van der Waals surface area contributed by atoms with Crippen molar-refractivity contribution in [2.45, 2.75) is 32.8 Å². The molecule has 11 heavy (non-hydrogen) atoms. The minimum atomic E-state index is -0.538. The lowest BCUT2D eigenvalue weighted by Crippen LogP contribution is -2.38. The van der Waals surface area contributed by atoms with Crippen LogP contribution in [0.5, 0.6) is 0 Å². The van der Waals surface area contributed by atoms with Crippen molar-refractivity contribution >= 4 is 5.90 Å². The van der Waals surface area contributed by atoms with Crippen LogP contribution in [-0.2, 0) is 9.47 Å². The van der Waals surface area contributed by atoms with E-state index < -0.39 is 5.60 Å². The summed E-state index contributed by atoms with van der Waals surface area (Å²) in [5.41, 5.74) is -0.538. The third-order valence-corrected chi connectivity index (χ3v) is 1.82. The Kier molecular flexibility index (Phi) is 4.11. The molecular formula is C8H17NO2. The molecular weight excluding hydrogens is 142 g/mol. The van der Waals surface area contributed by atoms with Crippen molar-refractivity contribution < 1.29 is 9.47 Å². The Bertz CT molecular complexity index is 136. The summed E-state index contributed by atoms with van der Waals surface area (Å²) in [7, 11) is 1.50. The SMILES string of the molecule is CCOC(C)(CC)C(=N)OC. The highest BCUT2D eigenvalue weighted by atomic mass is 16.5. The molecule has 3 heteroatoms. The smallest absolute Gasteiger partial charge is 0.213 e. The predicted molar refractivity (Wildman–Crippen MR) is 45.1 cm³/mol. The van der Waals surface area contributed by atoms with Gasteiger partial charge in [0.25, 0.3) is 0 Å². The average Bonchev–Trinajstić information content (AvgIpc) is 2.03. The van der Waals surface area contributed by atoms with Gasteiger partial charge in [0, 0.05) is 6.61 Å². The Morgan fingerprint density at radius 3 is 2.27 bits per heavy atom. The van der Waals surface area contributed by atoms with Crippen LogP contribution < -0.4 is 0 Å². The zero-order valence-corrected chi connectivity index (χ0v) is 7.73. The topological polar surface area (TPSA) is 42.3 Å². The summed E-state index contributed by atoms with van der Waals surface area (Å²) >= 11 is 0. The molecule has 1 N–H and O–H groups in total. The molecule has 0 heterocycles. The van der Waals surface area contributed by atoms with Gasteiger partial charge >= 0.3 is 0 Å². The molecule has 0 saturated carbocycles. The number of ether oxygens (including phenoxy) is 2. The van der Waals surface area contributed by atoms with Crippen molar-refractivity contribution in [3.05, 3.63) is 0 Å². The Labute approximate surface area is 68.2 Å². The molecule has 0 radical (unpaired) electrons. The van der Waals surface area contributed by atoms with Gasteiger partial charge in [0.2, 0.25) is 5.90 Å². The monoisotopic (exact) mass is 159 g/mol. The molecule has 3 nitrogen and oxygen atoms in total. The maximum atomic E-state index is 7.45. The minimum absolute atomic E-state index is 0.196. The summed E-state index contributed by atoms with van der Waals surface area (Å²) in [6.45, 7) is 6.36. The molecule has 1 atom stereocenters. The van der Waals surface area contributed by atoms with Gasteiger partial charge in [-0.15, -0.1) is 0 Å². The molecule has 0 aromatic heterocycles. The Morgan fingerprint density at radius 2 is 2.00 bits per heavy atom. The quantitative estimate of drug-likeness (QED) is 0.502. The van der Waals surface area contributed by atoms with Crippen molar-refractivity contribution in [2.75, 3.05) is 13.7 Å². The first-order valence-corrected chi connectivity index (χ1v) is 3.87. The van der Waals surface area contributed by atoms with Crippen LogP contribution in [0.3, 0.4) is 0 Å². The molecule has 0 fully saturated rings. The van der Waals surface area contributed by atoms with E-state index >= 15 is 0 Å². The summed E-state index contributed by atoms with van der Waals surface area (Å²) in [4.78, 5) is 0. The minimum Gasteiger partial charge on any atom is -0.482 e. The lowest BCUT2D eigenvalue weighted by molar-refractivity contribution is 0.0101. The van der Waals surface area contributed by atoms with Crippen molar-refractivity contribution in [1.82, 2.24) is 0 Å². The van der Waals surface area contributed by atoms with Gasteiger partial charge in [-0.05, 0) is 20.3 Å². The van der Waals surface area contributed by atoms with Crippen molar-refractivity contribution in [3.63, 3.8) is 0 Å². The molecule has 0 saturated heterocycles. The molecule has 0 aliphatic heterocycles. The van der Waals surface area contributed by atoms with E-state index in [2.05, 4.69) is 0 Å². The molecule has 0 spiro atoms. The van der Waals surface area contributed by atoms with Crippen LogP contribution in [0.25, 0.3) is 0 Å². The van der Waals surface area contributed by atoms with Crippen molar-refractivity contribution in [3.8, 4) is 0 Å². The number of methoxy groups -OCH3 is 1. The van der Waals surface area contributed by atoms with E-state index in [4.69, 9.17) is 14.9 Å². The Morgan fingerprint density at radius 1 is 1.45 bits per heavy atom. The molecule has 1 unspecified atom stereocenters. The van der Waals surface area contributed by atoms with E-state index in [1.165, 1.54) is 7.11 Å². The van der Waals surface area contributed by atoms with Crippen LogP contribution in [0.15, 0.2) is 0 Å².